The first-order valence-electron chi connectivity index (χ1n) is 5.29. The summed E-state index contributed by atoms with van der Waals surface area (Å²) in [5.41, 5.74) is 5.78. The average Bonchev–Trinajstić information content (AvgIpc) is 3.09. The van der Waals surface area contributed by atoms with Crippen molar-refractivity contribution in [2.75, 3.05) is 11.5 Å². The molecular weight excluding hydrogens is 267 g/mol. The molecule has 7 heteroatoms. The second-order valence-corrected chi connectivity index (χ2v) is 6.94. The number of thioether (sulfide) groups is 1. The molecule has 2 saturated carbocycles. The Kier molecular flexibility index (Phi) is 2.53. The van der Waals surface area contributed by atoms with Crippen molar-refractivity contribution in [2.24, 2.45) is 5.92 Å². The van der Waals surface area contributed by atoms with Crippen molar-refractivity contribution in [3.05, 3.63) is 0 Å². The number of hydrogen-bond donors (Lipinski definition) is 1. The first-order valence-corrected chi connectivity index (χ1v) is 7.03. The first-order chi connectivity index (χ1) is 7.58. The van der Waals surface area contributed by atoms with E-state index < -0.39 is 4.33 Å². The largest absolute Gasteiger partial charge is 0.368 e. The number of nitrogens with zero attached hydrogens (tertiary/aromatic N) is 3. The van der Waals surface area contributed by atoms with E-state index >= 15 is 0 Å². The maximum absolute atomic E-state index is 5.98. The highest BCUT2D eigenvalue weighted by Gasteiger charge is 2.51. The summed E-state index contributed by atoms with van der Waals surface area (Å²) in [6.45, 7) is 0. The van der Waals surface area contributed by atoms with E-state index in [-0.39, 0.29) is 0 Å². The molecule has 2 aliphatic rings. The van der Waals surface area contributed by atoms with Crippen LogP contribution < -0.4 is 5.73 Å². The van der Waals surface area contributed by atoms with Gasteiger partial charge in [-0.2, -0.15) is 0 Å². The van der Waals surface area contributed by atoms with Crippen LogP contribution in [-0.4, -0.2) is 24.9 Å². The van der Waals surface area contributed by atoms with Gasteiger partial charge in [0.05, 0.1) is 0 Å². The Morgan fingerprint density at radius 1 is 1.44 bits per heavy atom. The third-order valence-electron chi connectivity index (χ3n) is 2.97. The Bertz CT molecular complexity index is 416. The van der Waals surface area contributed by atoms with E-state index in [1.54, 1.807) is 11.8 Å². The van der Waals surface area contributed by atoms with E-state index in [1.165, 1.54) is 12.8 Å². The second-order valence-electron chi connectivity index (χ2n) is 4.42. The number of nitrogens with two attached hydrogens (primary N) is 1. The lowest BCUT2D eigenvalue weighted by atomic mass is 10.5. The predicted octanol–water partition coefficient (Wildman–Crippen LogP) is 2.48. The number of nitrogen functional groups attached to an aromatic ring is 1. The Labute approximate surface area is 108 Å². The van der Waals surface area contributed by atoms with Crippen LogP contribution in [0.25, 0.3) is 0 Å². The van der Waals surface area contributed by atoms with Gasteiger partial charge < -0.3 is 5.73 Å². The van der Waals surface area contributed by atoms with Crippen molar-refractivity contribution in [3.8, 4) is 0 Å². The third kappa shape index (κ3) is 2.00. The molecule has 0 saturated heterocycles. The maximum Gasteiger partial charge on any atom is 0.222 e. The minimum Gasteiger partial charge on any atom is -0.368 e. The number of aromatic nitrogens is 3. The normalized spacial score (nSPS) is 27.0. The lowest BCUT2D eigenvalue weighted by Crippen LogP contribution is -2.03. The monoisotopic (exact) mass is 278 g/mol. The summed E-state index contributed by atoms with van der Waals surface area (Å²) in [5, 5.41) is 8.90. The predicted molar refractivity (Wildman–Crippen MR) is 66.0 cm³/mol. The average molecular weight is 279 g/mol. The van der Waals surface area contributed by atoms with Crippen LogP contribution in [0.5, 0.6) is 0 Å². The quantitative estimate of drug-likeness (QED) is 0.679. The van der Waals surface area contributed by atoms with Crippen molar-refractivity contribution >= 4 is 40.9 Å². The van der Waals surface area contributed by atoms with Gasteiger partial charge in [0.15, 0.2) is 5.16 Å². The Morgan fingerprint density at radius 3 is 2.69 bits per heavy atom. The number of alkyl halides is 2. The molecule has 1 atom stereocenters. The zero-order valence-corrected chi connectivity index (χ0v) is 10.9. The van der Waals surface area contributed by atoms with Crippen molar-refractivity contribution < 1.29 is 0 Å². The molecule has 0 radical (unpaired) electrons. The molecule has 0 aliphatic heterocycles. The van der Waals surface area contributed by atoms with Gasteiger partial charge in [-0.25, -0.2) is 0 Å². The third-order valence-corrected chi connectivity index (χ3v) is 5.00. The topological polar surface area (TPSA) is 56.7 Å². The van der Waals surface area contributed by atoms with Crippen LogP contribution in [0.2, 0.25) is 0 Å². The smallest absolute Gasteiger partial charge is 0.222 e. The summed E-state index contributed by atoms with van der Waals surface area (Å²) in [7, 11) is 0. The molecule has 2 fully saturated rings. The highest BCUT2D eigenvalue weighted by Crippen LogP contribution is 2.55. The summed E-state index contributed by atoms with van der Waals surface area (Å²) >= 11 is 13.6. The van der Waals surface area contributed by atoms with Crippen LogP contribution in [0, 0.1) is 5.92 Å². The highest BCUT2D eigenvalue weighted by molar-refractivity contribution is 7.99. The summed E-state index contributed by atoms with van der Waals surface area (Å²) in [6, 6.07) is 0.508. The minimum atomic E-state index is -0.511. The van der Waals surface area contributed by atoms with Gasteiger partial charge in [0.25, 0.3) is 0 Å². The molecular formula is C9H12Cl2N4S. The van der Waals surface area contributed by atoms with Crippen LogP contribution in [0.3, 0.4) is 0 Å². The fourth-order valence-corrected chi connectivity index (χ4v) is 3.63. The van der Waals surface area contributed by atoms with Crippen LogP contribution in [0.1, 0.15) is 25.3 Å². The van der Waals surface area contributed by atoms with Gasteiger partial charge in [0.1, 0.15) is 4.33 Å². The van der Waals surface area contributed by atoms with E-state index in [0.29, 0.717) is 17.9 Å². The molecule has 0 aromatic carbocycles. The van der Waals surface area contributed by atoms with E-state index in [9.17, 15) is 0 Å². The van der Waals surface area contributed by atoms with Crippen molar-refractivity contribution in [3.63, 3.8) is 0 Å². The standard InChI is InChI=1S/C9H12Cl2N4S/c10-9(11)3-5(9)4-16-8-14-13-7(12)15(8)6-1-2-6/h5-6H,1-4H2,(H2,12,13). The van der Waals surface area contributed by atoms with E-state index in [1.807, 2.05) is 4.57 Å². The van der Waals surface area contributed by atoms with Gasteiger partial charge in [-0.1, -0.05) is 11.8 Å². The van der Waals surface area contributed by atoms with Gasteiger partial charge in [-0.3, -0.25) is 4.57 Å². The molecule has 2 N–H and O–H groups in total. The van der Waals surface area contributed by atoms with E-state index in [2.05, 4.69) is 10.2 Å². The number of anilines is 1. The number of rotatable bonds is 4. The summed E-state index contributed by atoms with van der Waals surface area (Å²) in [4.78, 5) is 0. The summed E-state index contributed by atoms with van der Waals surface area (Å²) in [5.74, 6) is 1.77. The lowest BCUT2D eigenvalue weighted by Gasteiger charge is -2.05. The minimum absolute atomic E-state index is 0.367. The van der Waals surface area contributed by atoms with Crippen molar-refractivity contribution in [1.82, 2.24) is 14.8 Å². The molecule has 2 aliphatic carbocycles. The number of hydrogen-bond acceptors (Lipinski definition) is 4. The van der Waals surface area contributed by atoms with Crippen LogP contribution in [0.4, 0.5) is 5.95 Å². The van der Waals surface area contributed by atoms with Crippen LogP contribution >= 0.6 is 35.0 Å². The molecule has 0 amide bonds. The highest BCUT2D eigenvalue weighted by atomic mass is 35.5. The molecule has 88 valence electrons. The molecule has 0 spiro atoms. The van der Waals surface area contributed by atoms with E-state index in [0.717, 1.165) is 17.3 Å². The van der Waals surface area contributed by atoms with Gasteiger partial charge in [0.2, 0.25) is 5.95 Å². The zero-order chi connectivity index (χ0) is 11.3. The Morgan fingerprint density at radius 2 is 2.12 bits per heavy atom. The van der Waals surface area contributed by atoms with Gasteiger partial charge in [-0.15, -0.1) is 33.4 Å². The lowest BCUT2D eigenvalue weighted by molar-refractivity contribution is 0.671. The summed E-state index contributed by atoms with van der Waals surface area (Å²) in [6.07, 6.45) is 3.22. The Balaban J connectivity index is 1.66. The van der Waals surface area contributed by atoms with Crippen LogP contribution in [0.15, 0.2) is 5.16 Å². The van der Waals surface area contributed by atoms with Gasteiger partial charge in [-0.05, 0) is 19.3 Å². The molecule has 4 nitrogen and oxygen atoms in total. The first kappa shape index (κ1) is 11.0. The fourth-order valence-electron chi connectivity index (χ4n) is 1.69. The fraction of sp³-hybridized carbons (Fsp3) is 0.778. The molecule has 1 aromatic heterocycles. The SMILES string of the molecule is Nc1nnc(SCC2CC2(Cl)Cl)n1C1CC1. The molecule has 1 aromatic rings. The summed E-state index contributed by atoms with van der Waals surface area (Å²) < 4.78 is 1.51. The van der Waals surface area contributed by atoms with Crippen LogP contribution in [-0.2, 0) is 0 Å². The second kappa shape index (κ2) is 3.68. The van der Waals surface area contributed by atoms with Crippen molar-refractivity contribution in [1.29, 1.82) is 0 Å². The van der Waals surface area contributed by atoms with Crippen molar-refractivity contribution in [2.45, 2.75) is 34.8 Å². The maximum atomic E-state index is 5.98. The molecule has 0 bridgehead atoms. The van der Waals surface area contributed by atoms with Gasteiger partial charge in [0, 0.05) is 17.7 Å². The zero-order valence-electron chi connectivity index (χ0n) is 8.57. The van der Waals surface area contributed by atoms with Gasteiger partial charge >= 0.3 is 0 Å². The molecule has 16 heavy (non-hydrogen) atoms. The molecule has 3 rings (SSSR count). The number of halogens is 2. The molecule has 1 unspecified atom stereocenters. The van der Waals surface area contributed by atoms with E-state index in [4.69, 9.17) is 28.9 Å². The molecule has 1 heterocycles. The Hall–Kier alpha value is -0.130.